The number of aryl methyl sites for hydroxylation is 2. The molecule has 1 unspecified atom stereocenters. The maximum absolute atomic E-state index is 10.4. The smallest absolute Gasteiger partial charge is 0.150 e. The van der Waals surface area contributed by atoms with Crippen LogP contribution in [-0.2, 0) is 22.4 Å². The Morgan fingerprint density at radius 1 is 1.59 bits per heavy atom. The topological polar surface area (TPSA) is 44.1 Å². The van der Waals surface area contributed by atoms with Gasteiger partial charge in [-0.05, 0) is 38.2 Å². The minimum Gasteiger partial charge on any atom is -0.357 e. The van der Waals surface area contributed by atoms with Crippen molar-refractivity contribution in [3.8, 4) is 0 Å². The first-order chi connectivity index (χ1) is 8.35. The van der Waals surface area contributed by atoms with Crippen molar-refractivity contribution in [3.63, 3.8) is 0 Å². The fourth-order valence-electron chi connectivity index (χ4n) is 2.25. The van der Waals surface area contributed by atoms with Gasteiger partial charge in [-0.25, -0.2) is 4.68 Å². The Morgan fingerprint density at radius 3 is 3.12 bits per heavy atom. The van der Waals surface area contributed by atoms with Crippen molar-refractivity contribution in [2.45, 2.75) is 51.7 Å². The molecule has 2 heterocycles. The van der Waals surface area contributed by atoms with E-state index in [0.717, 1.165) is 44.3 Å². The predicted octanol–water partition coefficient (Wildman–Crippen LogP) is 2.28. The van der Waals surface area contributed by atoms with Gasteiger partial charge < -0.3 is 9.53 Å². The Kier molecular flexibility index (Phi) is 4.31. The summed E-state index contributed by atoms with van der Waals surface area (Å²) in [7, 11) is 0. The first-order valence-electron chi connectivity index (χ1n) is 6.47. The minimum absolute atomic E-state index is 0.101. The van der Waals surface area contributed by atoms with Crippen LogP contribution in [-0.4, -0.2) is 22.7 Å². The molecule has 0 amide bonds. The number of nitrogens with zero attached hydrogens (tertiary/aromatic N) is 2. The Morgan fingerprint density at radius 2 is 2.47 bits per heavy atom. The molecule has 0 aliphatic carbocycles. The molecule has 0 radical (unpaired) electrons. The van der Waals surface area contributed by atoms with Crippen LogP contribution in [0.3, 0.4) is 0 Å². The zero-order chi connectivity index (χ0) is 12.1. The highest BCUT2D eigenvalue weighted by atomic mass is 16.5. The van der Waals surface area contributed by atoms with Crippen LogP contribution in [0.1, 0.15) is 50.2 Å². The fraction of sp³-hybridized carbons (Fsp3) is 0.692. The second-order valence-corrected chi connectivity index (χ2v) is 4.45. The standard InChI is InChI=1S/C13H20N2O2/c1-2-12-10-11(6-5-8-16)14-15(12)13-7-3-4-9-17-13/h8,10,13H,2-7,9H2,1H3. The minimum atomic E-state index is 0.101. The van der Waals surface area contributed by atoms with Crippen LogP contribution in [0, 0.1) is 0 Å². The van der Waals surface area contributed by atoms with Crippen LogP contribution in [0.4, 0.5) is 0 Å². The summed E-state index contributed by atoms with van der Waals surface area (Å²) in [6.07, 6.45) is 6.68. The van der Waals surface area contributed by atoms with E-state index < -0.39 is 0 Å². The third-order valence-electron chi connectivity index (χ3n) is 3.17. The molecule has 1 aromatic heterocycles. The van der Waals surface area contributed by atoms with Gasteiger partial charge >= 0.3 is 0 Å². The van der Waals surface area contributed by atoms with E-state index in [1.165, 1.54) is 12.1 Å². The normalized spacial score (nSPS) is 20.4. The zero-order valence-electron chi connectivity index (χ0n) is 10.4. The molecule has 1 saturated heterocycles. The molecule has 0 saturated carbocycles. The number of carbonyl (C=O) groups is 1. The average Bonchev–Trinajstić information content (AvgIpc) is 2.80. The van der Waals surface area contributed by atoms with Crippen LogP contribution in [0.5, 0.6) is 0 Å². The number of hydrogen-bond acceptors (Lipinski definition) is 3. The highest BCUT2D eigenvalue weighted by molar-refractivity contribution is 5.49. The van der Waals surface area contributed by atoms with Gasteiger partial charge in [0.2, 0.25) is 0 Å². The summed E-state index contributed by atoms with van der Waals surface area (Å²) in [6, 6.07) is 2.10. The molecule has 1 fully saturated rings. The first-order valence-corrected chi connectivity index (χ1v) is 6.47. The van der Waals surface area contributed by atoms with E-state index in [1.54, 1.807) is 0 Å². The van der Waals surface area contributed by atoms with Crippen molar-refractivity contribution in [3.05, 3.63) is 17.5 Å². The van der Waals surface area contributed by atoms with Gasteiger partial charge in [-0.15, -0.1) is 0 Å². The highest BCUT2D eigenvalue weighted by Gasteiger charge is 2.19. The zero-order valence-corrected chi connectivity index (χ0v) is 10.4. The molecule has 0 aromatic carbocycles. The molecule has 1 aliphatic rings. The van der Waals surface area contributed by atoms with Gasteiger partial charge in [-0.3, -0.25) is 0 Å². The molecule has 4 heteroatoms. The van der Waals surface area contributed by atoms with Gasteiger partial charge in [0, 0.05) is 18.7 Å². The number of carbonyl (C=O) groups excluding carboxylic acids is 1. The molecule has 4 nitrogen and oxygen atoms in total. The van der Waals surface area contributed by atoms with Crippen molar-refractivity contribution in [1.82, 2.24) is 9.78 Å². The third-order valence-corrected chi connectivity index (χ3v) is 3.17. The fourth-order valence-corrected chi connectivity index (χ4v) is 2.25. The number of aromatic nitrogens is 2. The highest BCUT2D eigenvalue weighted by Crippen LogP contribution is 2.24. The molecule has 2 rings (SSSR count). The molecule has 0 N–H and O–H groups in total. The summed E-state index contributed by atoms with van der Waals surface area (Å²) in [5.74, 6) is 0. The van der Waals surface area contributed by atoms with Gasteiger partial charge in [0.1, 0.15) is 12.5 Å². The maximum Gasteiger partial charge on any atom is 0.150 e. The van der Waals surface area contributed by atoms with Crippen molar-refractivity contribution in [2.24, 2.45) is 0 Å². The molecule has 94 valence electrons. The lowest BCUT2D eigenvalue weighted by molar-refractivity contribution is -0.107. The molecule has 17 heavy (non-hydrogen) atoms. The summed E-state index contributed by atoms with van der Waals surface area (Å²) >= 11 is 0. The van der Waals surface area contributed by atoms with E-state index >= 15 is 0 Å². The van der Waals surface area contributed by atoms with Gasteiger partial charge in [0.25, 0.3) is 0 Å². The summed E-state index contributed by atoms with van der Waals surface area (Å²) < 4.78 is 7.77. The number of rotatable bonds is 5. The lowest BCUT2D eigenvalue weighted by Gasteiger charge is -2.24. The van der Waals surface area contributed by atoms with Crippen LogP contribution < -0.4 is 0 Å². The van der Waals surface area contributed by atoms with E-state index in [1.807, 2.05) is 4.68 Å². The Balaban J connectivity index is 2.13. The van der Waals surface area contributed by atoms with Crippen molar-refractivity contribution < 1.29 is 9.53 Å². The first kappa shape index (κ1) is 12.3. The second-order valence-electron chi connectivity index (χ2n) is 4.45. The summed E-state index contributed by atoms with van der Waals surface area (Å²) in [5, 5.41) is 4.58. The van der Waals surface area contributed by atoms with Gasteiger partial charge in [-0.1, -0.05) is 6.92 Å². The molecule has 1 atom stereocenters. The monoisotopic (exact) mass is 236 g/mol. The Hall–Kier alpha value is -1.16. The van der Waals surface area contributed by atoms with E-state index in [2.05, 4.69) is 18.1 Å². The van der Waals surface area contributed by atoms with Crippen molar-refractivity contribution in [1.29, 1.82) is 0 Å². The lowest BCUT2D eigenvalue weighted by atomic mass is 10.2. The van der Waals surface area contributed by atoms with Crippen LogP contribution in [0.2, 0.25) is 0 Å². The second kappa shape index (κ2) is 5.96. The molecular formula is C13H20N2O2. The average molecular weight is 236 g/mol. The summed E-state index contributed by atoms with van der Waals surface area (Å²) in [6.45, 7) is 2.96. The van der Waals surface area contributed by atoms with Gasteiger partial charge in [0.15, 0.2) is 0 Å². The van der Waals surface area contributed by atoms with Crippen molar-refractivity contribution in [2.75, 3.05) is 6.61 Å². The quantitative estimate of drug-likeness (QED) is 0.737. The van der Waals surface area contributed by atoms with E-state index in [9.17, 15) is 4.79 Å². The van der Waals surface area contributed by atoms with Crippen LogP contribution in [0.15, 0.2) is 6.07 Å². The van der Waals surface area contributed by atoms with E-state index in [4.69, 9.17) is 4.74 Å². The maximum atomic E-state index is 10.4. The van der Waals surface area contributed by atoms with Crippen LogP contribution >= 0.6 is 0 Å². The number of ether oxygens (including phenoxy) is 1. The number of aldehydes is 1. The largest absolute Gasteiger partial charge is 0.357 e. The summed E-state index contributed by atoms with van der Waals surface area (Å²) in [4.78, 5) is 10.4. The Bertz CT molecular complexity index is 367. The van der Waals surface area contributed by atoms with E-state index in [0.29, 0.717) is 6.42 Å². The molecule has 1 aliphatic heterocycles. The summed E-state index contributed by atoms with van der Waals surface area (Å²) in [5.41, 5.74) is 2.21. The number of hydrogen-bond donors (Lipinski definition) is 0. The van der Waals surface area contributed by atoms with Gasteiger partial charge in [-0.2, -0.15) is 5.10 Å². The molecular weight excluding hydrogens is 216 g/mol. The van der Waals surface area contributed by atoms with Crippen molar-refractivity contribution >= 4 is 6.29 Å². The molecule has 0 bridgehead atoms. The molecule has 1 aromatic rings. The SMILES string of the molecule is CCc1cc(CCC=O)nn1C1CCCCO1. The predicted molar refractivity (Wildman–Crippen MR) is 64.8 cm³/mol. The molecule has 0 spiro atoms. The van der Waals surface area contributed by atoms with E-state index in [-0.39, 0.29) is 6.23 Å². The third kappa shape index (κ3) is 2.94. The van der Waals surface area contributed by atoms with Gasteiger partial charge in [0.05, 0.1) is 5.69 Å². The Labute approximate surface area is 102 Å². The van der Waals surface area contributed by atoms with Crippen LogP contribution in [0.25, 0.3) is 0 Å². The lowest BCUT2D eigenvalue weighted by Crippen LogP contribution is -2.21.